The van der Waals surface area contributed by atoms with Gasteiger partial charge in [0.2, 0.25) is 5.89 Å². The molecule has 9 heteroatoms. The molecule has 2 rings (SSSR count). The van der Waals surface area contributed by atoms with Gasteiger partial charge in [0.15, 0.2) is 0 Å². The summed E-state index contributed by atoms with van der Waals surface area (Å²) in [5.74, 6) is -1.39. The molecule has 1 aliphatic rings. The molecular formula is C26H39ClN2O6. The first-order valence-electron chi connectivity index (χ1n) is 12.1. The number of ketones is 1. The standard InChI is InChI=1S/C26H39ClN2O6/c1-15-7-6-8-16(2)24(32)17(3)25(33)26(4,5)21(30)12-23(31)35-20(10-9-15)19(27)11-18-14-34-22(13-28)29-18/h9,11,14,16-17,20-21,24,30,32H,6-8,10,12-13,28H2,1-5H3/b15-9-,19-11-/t16-,17+,20-,21-,24-/m0/s1. The van der Waals surface area contributed by atoms with Gasteiger partial charge < -0.3 is 25.1 Å². The summed E-state index contributed by atoms with van der Waals surface area (Å²) in [7, 11) is 0. The summed E-state index contributed by atoms with van der Waals surface area (Å²) < 4.78 is 10.9. The molecular weight excluding hydrogens is 472 g/mol. The van der Waals surface area contributed by atoms with Crippen LogP contribution in [0.1, 0.15) is 78.3 Å². The Morgan fingerprint density at radius 1 is 1.31 bits per heavy atom. The number of nitrogens with zero attached hydrogens (tertiary/aromatic N) is 1. The summed E-state index contributed by atoms with van der Waals surface area (Å²) >= 11 is 6.53. The number of carbonyl (C=O) groups excluding carboxylic acids is 2. The maximum atomic E-state index is 13.2. The van der Waals surface area contributed by atoms with Crippen LogP contribution in [0.3, 0.4) is 0 Å². The van der Waals surface area contributed by atoms with Crippen molar-refractivity contribution >= 4 is 29.4 Å². The Morgan fingerprint density at radius 2 is 2.00 bits per heavy atom. The molecule has 0 unspecified atom stereocenters. The smallest absolute Gasteiger partial charge is 0.309 e. The normalized spacial score (nSPS) is 31.5. The fraction of sp³-hybridized carbons (Fsp3) is 0.654. The number of aliphatic hydroxyl groups is 2. The number of allylic oxidation sites excluding steroid dienone is 1. The lowest BCUT2D eigenvalue weighted by atomic mass is 9.73. The van der Waals surface area contributed by atoms with E-state index in [0.717, 1.165) is 24.8 Å². The molecule has 1 aromatic rings. The highest BCUT2D eigenvalue weighted by Gasteiger charge is 2.42. The van der Waals surface area contributed by atoms with Crippen molar-refractivity contribution in [3.63, 3.8) is 0 Å². The largest absolute Gasteiger partial charge is 0.456 e. The number of carbonyl (C=O) groups is 2. The monoisotopic (exact) mass is 510 g/mol. The van der Waals surface area contributed by atoms with E-state index in [-0.39, 0.29) is 29.7 Å². The van der Waals surface area contributed by atoms with Crippen LogP contribution in [0, 0.1) is 17.3 Å². The molecule has 0 saturated heterocycles. The Bertz CT molecular complexity index is 938. The summed E-state index contributed by atoms with van der Waals surface area (Å²) in [6, 6.07) is 0. The molecule has 0 radical (unpaired) electrons. The molecule has 0 aliphatic carbocycles. The van der Waals surface area contributed by atoms with Gasteiger partial charge in [0.05, 0.1) is 35.6 Å². The second-order valence-electron chi connectivity index (χ2n) is 10.1. The average Bonchev–Trinajstić information content (AvgIpc) is 3.26. The number of aromatic nitrogens is 1. The van der Waals surface area contributed by atoms with E-state index in [0.29, 0.717) is 18.0 Å². The molecule has 0 spiro atoms. The maximum Gasteiger partial charge on any atom is 0.309 e. The van der Waals surface area contributed by atoms with Crippen LogP contribution in [-0.2, 0) is 20.9 Å². The zero-order valence-electron chi connectivity index (χ0n) is 21.3. The highest BCUT2D eigenvalue weighted by Crippen LogP contribution is 2.32. The molecule has 196 valence electrons. The van der Waals surface area contributed by atoms with Gasteiger partial charge in [-0.1, -0.05) is 50.9 Å². The van der Waals surface area contributed by atoms with E-state index in [1.807, 2.05) is 19.9 Å². The number of nitrogens with two attached hydrogens (primary N) is 1. The predicted molar refractivity (Wildman–Crippen MR) is 134 cm³/mol. The average molecular weight is 511 g/mol. The number of oxazole rings is 1. The first kappa shape index (κ1) is 29.2. The first-order chi connectivity index (χ1) is 16.4. The quantitative estimate of drug-likeness (QED) is 0.408. The van der Waals surface area contributed by atoms with Crippen LogP contribution >= 0.6 is 11.6 Å². The third-order valence-electron chi connectivity index (χ3n) is 6.86. The number of cyclic esters (lactones) is 1. The highest BCUT2D eigenvalue weighted by atomic mass is 35.5. The van der Waals surface area contributed by atoms with E-state index < -0.39 is 35.6 Å². The van der Waals surface area contributed by atoms with E-state index in [2.05, 4.69) is 4.98 Å². The lowest BCUT2D eigenvalue weighted by Crippen LogP contribution is -2.45. The van der Waals surface area contributed by atoms with Crippen molar-refractivity contribution in [2.24, 2.45) is 23.0 Å². The number of aliphatic hydroxyl groups excluding tert-OH is 2. The number of halogens is 1. The van der Waals surface area contributed by atoms with E-state index in [9.17, 15) is 19.8 Å². The number of Topliss-reactive ketones (excluding diaryl/α,β-unsaturated/α-hetero) is 1. The van der Waals surface area contributed by atoms with Crippen molar-refractivity contribution in [2.45, 2.75) is 91.6 Å². The fourth-order valence-electron chi connectivity index (χ4n) is 4.24. The van der Waals surface area contributed by atoms with Crippen molar-refractivity contribution in [3.05, 3.63) is 34.5 Å². The molecule has 0 aromatic carbocycles. The van der Waals surface area contributed by atoms with E-state index in [4.69, 9.17) is 26.5 Å². The number of ether oxygens (including phenoxy) is 1. The maximum absolute atomic E-state index is 13.2. The van der Waals surface area contributed by atoms with Gasteiger partial charge in [-0.3, -0.25) is 9.59 Å². The van der Waals surface area contributed by atoms with Gasteiger partial charge in [0.1, 0.15) is 23.8 Å². The summed E-state index contributed by atoms with van der Waals surface area (Å²) in [6.45, 7) is 8.90. The van der Waals surface area contributed by atoms with Crippen LogP contribution in [0.15, 0.2) is 27.4 Å². The van der Waals surface area contributed by atoms with E-state index in [1.165, 1.54) is 6.26 Å². The Kier molecular flexibility index (Phi) is 10.7. The van der Waals surface area contributed by atoms with Crippen molar-refractivity contribution in [1.82, 2.24) is 4.98 Å². The minimum atomic E-state index is -1.29. The predicted octanol–water partition coefficient (Wildman–Crippen LogP) is 4.12. The van der Waals surface area contributed by atoms with Gasteiger partial charge in [-0.05, 0) is 38.2 Å². The number of hydrogen-bond acceptors (Lipinski definition) is 8. The van der Waals surface area contributed by atoms with Crippen LogP contribution in [0.4, 0.5) is 0 Å². The summed E-state index contributed by atoms with van der Waals surface area (Å²) in [4.78, 5) is 30.1. The fourth-order valence-corrected chi connectivity index (χ4v) is 4.48. The van der Waals surface area contributed by atoms with Gasteiger partial charge >= 0.3 is 5.97 Å². The number of rotatable bonds is 3. The second-order valence-corrected chi connectivity index (χ2v) is 10.6. The number of esters is 1. The molecule has 0 fully saturated rings. The molecule has 35 heavy (non-hydrogen) atoms. The minimum absolute atomic E-state index is 0.0847. The van der Waals surface area contributed by atoms with Gasteiger partial charge in [-0.15, -0.1) is 0 Å². The molecule has 8 nitrogen and oxygen atoms in total. The Balaban J connectivity index is 2.33. The lowest BCUT2D eigenvalue weighted by Gasteiger charge is -2.34. The van der Waals surface area contributed by atoms with Gasteiger partial charge in [-0.2, -0.15) is 0 Å². The second kappa shape index (κ2) is 12.8. The van der Waals surface area contributed by atoms with Crippen LogP contribution in [-0.4, -0.2) is 45.3 Å². The van der Waals surface area contributed by atoms with Gasteiger partial charge in [0, 0.05) is 12.3 Å². The topological polar surface area (TPSA) is 136 Å². The van der Waals surface area contributed by atoms with Crippen molar-refractivity contribution in [2.75, 3.05) is 0 Å². The number of hydrogen-bond donors (Lipinski definition) is 3. The third-order valence-corrected chi connectivity index (χ3v) is 7.21. The van der Waals surface area contributed by atoms with Crippen molar-refractivity contribution in [1.29, 1.82) is 0 Å². The molecule has 0 bridgehead atoms. The third kappa shape index (κ3) is 8.00. The van der Waals surface area contributed by atoms with Crippen LogP contribution < -0.4 is 5.73 Å². The summed E-state index contributed by atoms with van der Waals surface area (Å²) in [6.07, 6.45) is 4.36. The molecule has 0 amide bonds. The molecule has 4 N–H and O–H groups in total. The summed E-state index contributed by atoms with van der Waals surface area (Å²) in [5.41, 5.74) is 5.83. The minimum Gasteiger partial charge on any atom is -0.456 e. The zero-order valence-corrected chi connectivity index (χ0v) is 22.0. The van der Waals surface area contributed by atoms with Crippen molar-refractivity contribution in [3.8, 4) is 0 Å². The van der Waals surface area contributed by atoms with Crippen LogP contribution in [0.2, 0.25) is 0 Å². The highest BCUT2D eigenvalue weighted by molar-refractivity contribution is 6.32. The molecule has 0 saturated carbocycles. The van der Waals surface area contributed by atoms with E-state index >= 15 is 0 Å². The molecule has 1 aliphatic heterocycles. The van der Waals surface area contributed by atoms with Crippen molar-refractivity contribution < 1.29 is 29.0 Å². The Morgan fingerprint density at radius 3 is 2.63 bits per heavy atom. The Labute approximate surface area is 212 Å². The van der Waals surface area contributed by atoms with Gasteiger partial charge in [0.25, 0.3) is 0 Å². The lowest BCUT2D eigenvalue weighted by molar-refractivity contribution is -0.153. The van der Waals surface area contributed by atoms with Gasteiger partial charge in [-0.25, -0.2) is 4.98 Å². The first-order valence-corrected chi connectivity index (χ1v) is 12.5. The molecule has 2 heterocycles. The molecule has 1 aromatic heterocycles. The van der Waals surface area contributed by atoms with Crippen LogP contribution in [0.25, 0.3) is 6.08 Å². The van der Waals surface area contributed by atoms with E-state index in [1.54, 1.807) is 26.8 Å². The SMILES string of the molecule is C/C1=C/C[C@@H](/C(Cl)=C/c2coc(CN)n2)OC(=O)C[C@H](O)C(C)(C)C(=O)[C@H](C)[C@@H](O)[C@@H](C)CCC1. The Hall–Kier alpha value is -2.00. The molecule has 5 atom stereocenters. The van der Waals surface area contributed by atoms with Crippen LogP contribution in [0.5, 0.6) is 0 Å². The summed E-state index contributed by atoms with van der Waals surface area (Å²) in [5, 5.41) is 21.8. The zero-order chi connectivity index (χ0) is 26.3.